The van der Waals surface area contributed by atoms with Crippen molar-refractivity contribution in [1.82, 2.24) is 5.32 Å². The zero-order chi connectivity index (χ0) is 21.0. The molecule has 152 valence electrons. The molecule has 2 N–H and O–H groups in total. The van der Waals surface area contributed by atoms with Crippen LogP contribution in [0.25, 0.3) is 0 Å². The maximum absolute atomic E-state index is 12.4. The smallest absolute Gasteiger partial charge is 0.271 e. The van der Waals surface area contributed by atoms with Gasteiger partial charge in [-0.05, 0) is 53.8 Å². The van der Waals surface area contributed by atoms with Gasteiger partial charge in [0, 0.05) is 15.7 Å². The number of benzene rings is 2. The zero-order valence-corrected chi connectivity index (χ0v) is 18.5. The van der Waals surface area contributed by atoms with Crippen LogP contribution < -0.4 is 10.0 Å². The van der Waals surface area contributed by atoms with Gasteiger partial charge in [0.15, 0.2) is 0 Å². The molecule has 3 rings (SSSR count). The molecule has 2 aromatic carbocycles. The van der Waals surface area contributed by atoms with Crippen LogP contribution in [0.2, 0.25) is 10.0 Å². The second-order valence-electron chi connectivity index (χ2n) is 6.37. The van der Waals surface area contributed by atoms with Gasteiger partial charge in [-0.15, -0.1) is 11.3 Å². The van der Waals surface area contributed by atoms with Crippen molar-refractivity contribution in [2.24, 2.45) is 0 Å². The summed E-state index contributed by atoms with van der Waals surface area (Å²) in [5.74, 6) is -0.171. The summed E-state index contributed by atoms with van der Waals surface area (Å²) in [6.45, 7) is 1.84. The van der Waals surface area contributed by atoms with Gasteiger partial charge in [-0.2, -0.15) is 0 Å². The number of rotatable bonds is 7. The molecule has 0 bridgehead atoms. The van der Waals surface area contributed by atoms with Crippen molar-refractivity contribution in [1.29, 1.82) is 0 Å². The van der Waals surface area contributed by atoms with E-state index in [-0.39, 0.29) is 22.6 Å². The second-order valence-corrected chi connectivity index (χ2v) is 10.1. The number of anilines is 1. The Morgan fingerprint density at radius 1 is 1.10 bits per heavy atom. The standard InChI is InChI=1S/C20H18Cl2N2O3S2/c1-13(17-9-6-15(21)12-18(17)22)23-19(25)11-14-4-7-16(8-5-14)24-29(26,27)20-3-2-10-28-20/h2-10,12-13,24H,11H2,1H3,(H,23,25). The van der Waals surface area contributed by atoms with Gasteiger partial charge < -0.3 is 5.32 Å². The summed E-state index contributed by atoms with van der Waals surface area (Å²) in [6, 6.07) is 14.8. The Kier molecular flexibility index (Phi) is 6.85. The van der Waals surface area contributed by atoms with Crippen LogP contribution in [0.4, 0.5) is 5.69 Å². The molecule has 0 radical (unpaired) electrons. The summed E-state index contributed by atoms with van der Waals surface area (Å²) in [4.78, 5) is 12.4. The van der Waals surface area contributed by atoms with E-state index < -0.39 is 10.0 Å². The normalized spacial score (nSPS) is 12.4. The van der Waals surface area contributed by atoms with Crippen LogP contribution in [0.3, 0.4) is 0 Å². The zero-order valence-electron chi connectivity index (χ0n) is 15.4. The highest BCUT2D eigenvalue weighted by Crippen LogP contribution is 2.26. The average molecular weight is 469 g/mol. The lowest BCUT2D eigenvalue weighted by molar-refractivity contribution is -0.121. The van der Waals surface area contributed by atoms with Gasteiger partial charge in [-0.25, -0.2) is 8.42 Å². The van der Waals surface area contributed by atoms with Crippen molar-refractivity contribution in [3.8, 4) is 0 Å². The van der Waals surface area contributed by atoms with E-state index in [0.29, 0.717) is 15.7 Å². The molecule has 3 aromatic rings. The van der Waals surface area contributed by atoms with Crippen LogP contribution in [-0.2, 0) is 21.2 Å². The lowest BCUT2D eigenvalue weighted by atomic mass is 10.1. The molecule has 1 heterocycles. The number of carbonyl (C=O) groups excluding carboxylic acids is 1. The highest BCUT2D eigenvalue weighted by molar-refractivity contribution is 7.94. The molecule has 0 fully saturated rings. The quantitative estimate of drug-likeness (QED) is 0.495. The number of hydrogen-bond donors (Lipinski definition) is 2. The molecule has 0 aliphatic rings. The van der Waals surface area contributed by atoms with Crippen molar-refractivity contribution in [2.75, 3.05) is 4.72 Å². The van der Waals surface area contributed by atoms with Crippen molar-refractivity contribution in [3.63, 3.8) is 0 Å². The van der Waals surface area contributed by atoms with E-state index in [1.54, 1.807) is 60.0 Å². The fourth-order valence-corrected chi connectivity index (χ4v) is 5.34. The molecule has 0 saturated carbocycles. The lowest BCUT2D eigenvalue weighted by Gasteiger charge is -2.16. The van der Waals surface area contributed by atoms with Gasteiger partial charge >= 0.3 is 0 Å². The van der Waals surface area contributed by atoms with Crippen molar-refractivity contribution >= 4 is 56.2 Å². The van der Waals surface area contributed by atoms with Crippen LogP contribution in [0.15, 0.2) is 64.2 Å². The molecule has 9 heteroatoms. The monoisotopic (exact) mass is 468 g/mol. The number of sulfonamides is 1. The highest BCUT2D eigenvalue weighted by atomic mass is 35.5. The third kappa shape index (κ3) is 5.73. The molecule has 0 aliphatic heterocycles. The minimum Gasteiger partial charge on any atom is -0.349 e. The largest absolute Gasteiger partial charge is 0.349 e. The van der Waals surface area contributed by atoms with Crippen molar-refractivity contribution < 1.29 is 13.2 Å². The number of hydrogen-bond acceptors (Lipinski definition) is 4. The summed E-state index contributed by atoms with van der Waals surface area (Å²) < 4.78 is 27.3. The Balaban J connectivity index is 1.60. The first-order valence-corrected chi connectivity index (χ1v) is 11.8. The first-order chi connectivity index (χ1) is 13.7. The second kappa shape index (κ2) is 9.17. The number of nitrogens with one attached hydrogen (secondary N) is 2. The van der Waals surface area contributed by atoms with E-state index >= 15 is 0 Å². The third-order valence-corrected chi connectivity index (χ3v) is 7.48. The van der Waals surface area contributed by atoms with Crippen LogP contribution >= 0.6 is 34.5 Å². The first kappa shape index (κ1) is 21.6. The SMILES string of the molecule is CC(NC(=O)Cc1ccc(NS(=O)(=O)c2cccs2)cc1)c1ccc(Cl)cc1Cl. The van der Waals surface area contributed by atoms with Crippen LogP contribution in [-0.4, -0.2) is 14.3 Å². The predicted molar refractivity (Wildman–Crippen MR) is 118 cm³/mol. The Hall–Kier alpha value is -2.06. The Morgan fingerprint density at radius 2 is 1.83 bits per heavy atom. The van der Waals surface area contributed by atoms with Gasteiger partial charge in [-0.3, -0.25) is 9.52 Å². The molecular formula is C20H18Cl2N2O3S2. The summed E-state index contributed by atoms with van der Waals surface area (Å²) in [5, 5.41) is 5.63. The first-order valence-electron chi connectivity index (χ1n) is 8.64. The Labute approximate surface area is 183 Å². The predicted octanol–water partition coefficient (Wildman–Crippen LogP) is 5.28. The van der Waals surface area contributed by atoms with E-state index in [1.807, 2.05) is 6.92 Å². The molecule has 1 aromatic heterocycles. The van der Waals surface area contributed by atoms with Gasteiger partial charge in [0.25, 0.3) is 10.0 Å². The maximum atomic E-state index is 12.4. The van der Waals surface area contributed by atoms with Crippen molar-refractivity contribution in [2.45, 2.75) is 23.6 Å². The van der Waals surface area contributed by atoms with Crippen LogP contribution in [0.1, 0.15) is 24.1 Å². The minimum absolute atomic E-state index is 0.160. The fraction of sp³-hybridized carbons (Fsp3) is 0.150. The third-order valence-electron chi connectivity index (χ3n) is 4.14. The molecule has 0 aliphatic carbocycles. The Bertz CT molecular complexity index is 1100. The molecular weight excluding hydrogens is 451 g/mol. The topological polar surface area (TPSA) is 75.3 Å². The van der Waals surface area contributed by atoms with Gasteiger partial charge in [0.2, 0.25) is 5.91 Å². The molecule has 5 nitrogen and oxygen atoms in total. The molecule has 1 amide bonds. The van der Waals surface area contributed by atoms with Gasteiger partial charge in [-0.1, -0.05) is 47.5 Å². The lowest BCUT2D eigenvalue weighted by Crippen LogP contribution is -2.28. The minimum atomic E-state index is -3.59. The average Bonchev–Trinajstić information content (AvgIpc) is 3.18. The summed E-state index contributed by atoms with van der Waals surface area (Å²) in [6.07, 6.45) is 0.160. The fourth-order valence-electron chi connectivity index (χ4n) is 2.72. The number of amides is 1. The van der Waals surface area contributed by atoms with E-state index in [1.165, 1.54) is 0 Å². The summed E-state index contributed by atoms with van der Waals surface area (Å²) in [5.41, 5.74) is 1.97. The summed E-state index contributed by atoms with van der Waals surface area (Å²) in [7, 11) is -3.59. The van der Waals surface area contributed by atoms with E-state index in [2.05, 4.69) is 10.0 Å². The molecule has 29 heavy (non-hydrogen) atoms. The highest BCUT2D eigenvalue weighted by Gasteiger charge is 2.16. The number of thiophene rings is 1. The molecule has 0 spiro atoms. The summed E-state index contributed by atoms with van der Waals surface area (Å²) >= 11 is 13.2. The maximum Gasteiger partial charge on any atom is 0.271 e. The number of carbonyl (C=O) groups is 1. The Morgan fingerprint density at radius 3 is 2.45 bits per heavy atom. The van der Waals surface area contributed by atoms with Crippen LogP contribution in [0, 0.1) is 0 Å². The van der Waals surface area contributed by atoms with E-state index in [4.69, 9.17) is 23.2 Å². The van der Waals surface area contributed by atoms with E-state index in [0.717, 1.165) is 22.5 Å². The van der Waals surface area contributed by atoms with E-state index in [9.17, 15) is 13.2 Å². The van der Waals surface area contributed by atoms with Crippen molar-refractivity contribution in [3.05, 3.63) is 81.1 Å². The van der Waals surface area contributed by atoms with Crippen LogP contribution in [0.5, 0.6) is 0 Å². The van der Waals surface area contributed by atoms with Gasteiger partial charge in [0.1, 0.15) is 4.21 Å². The van der Waals surface area contributed by atoms with Gasteiger partial charge in [0.05, 0.1) is 12.5 Å². The molecule has 1 atom stereocenters. The molecule has 1 unspecified atom stereocenters. The number of halogens is 2. The molecule has 0 saturated heterocycles.